The molecule has 0 bridgehead atoms. The maximum atomic E-state index is 5.75. The Bertz CT molecular complexity index is 130. The lowest BCUT2D eigenvalue weighted by Gasteiger charge is -1.90. The van der Waals surface area contributed by atoms with Gasteiger partial charge in [-0.2, -0.15) is 12.6 Å². The van der Waals surface area contributed by atoms with E-state index in [1.807, 2.05) is 18.2 Å². The second kappa shape index (κ2) is 18.3. The van der Waals surface area contributed by atoms with E-state index in [0.29, 0.717) is 0 Å². The lowest BCUT2D eigenvalue weighted by molar-refractivity contribution is 0.626. The van der Waals surface area contributed by atoms with Gasteiger partial charge in [0.05, 0.1) is 0 Å². The smallest absolute Gasteiger partial charge is 0.0267 e. The van der Waals surface area contributed by atoms with Crippen LogP contribution in [0.1, 0.15) is 36.0 Å². The fourth-order valence-electron chi connectivity index (χ4n) is 0.313. The molecule has 1 nitrogen and oxygen atoms in total. The van der Waals surface area contributed by atoms with Crippen molar-refractivity contribution in [2.45, 2.75) is 34.6 Å². The van der Waals surface area contributed by atoms with Crippen LogP contribution in [0.5, 0.6) is 0 Å². The molecule has 0 atom stereocenters. The highest BCUT2D eigenvalue weighted by molar-refractivity contribution is 7.79. The summed E-state index contributed by atoms with van der Waals surface area (Å²) >= 11 is 3.53. The molecule has 0 radical (unpaired) electrons. The first-order valence-corrected chi connectivity index (χ1v) is 5.46. The zero-order valence-electron chi connectivity index (χ0n) is 11.1. The minimum absolute atomic E-state index is 0.884. The van der Waals surface area contributed by atoms with Gasteiger partial charge in [0.15, 0.2) is 0 Å². The van der Waals surface area contributed by atoms with Crippen molar-refractivity contribution in [2.24, 2.45) is 5.92 Å². The zero-order chi connectivity index (χ0) is 12.5. The van der Waals surface area contributed by atoms with E-state index in [9.17, 15) is 0 Å². The molecular weight excluding hydrogens is 190 g/mol. The fraction of sp³-hybridized carbons (Fsp3) is 0.583. The highest BCUT2D eigenvalue weighted by Gasteiger charge is 1.80. The number of aromatic nitrogens is 1. The first kappa shape index (κ1) is 15.9. The van der Waals surface area contributed by atoms with Gasteiger partial charge < -0.3 is 0 Å². The molecule has 14 heavy (non-hydrogen) atoms. The van der Waals surface area contributed by atoms with Crippen LogP contribution in [0.15, 0.2) is 30.6 Å². The number of hydrogen-bond acceptors (Lipinski definition) is 2. The van der Waals surface area contributed by atoms with E-state index >= 15 is 0 Å². The molecule has 84 valence electrons. The van der Waals surface area contributed by atoms with Gasteiger partial charge in [0.2, 0.25) is 0 Å². The van der Waals surface area contributed by atoms with Gasteiger partial charge in [0.25, 0.3) is 0 Å². The molecule has 0 aliphatic carbocycles. The highest BCUT2D eigenvalue weighted by Crippen LogP contribution is 1.93. The molecule has 0 unspecified atom stereocenters. The van der Waals surface area contributed by atoms with Crippen LogP contribution in [-0.4, -0.2) is 11.2 Å². The van der Waals surface area contributed by atoms with Crippen molar-refractivity contribution >= 4 is 12.6 Å². The van der Waals surface area contributed by atoms with E-state index in [1.54, 1.807) is 18.6 Å². The van der Waals surface area contributed by atoms with E-state index in [-0.39, 0.29) is 0 Å². The summed E-state index contributed by atoms with van der Waals surface area (Å²) in [6, 6.07) is 5.72. The summed E-state index contributed by atoms with van der Waals surface area (Å²) < 4.78 is 5.75. The standard InChI is InChI=1S/C5H5N.C5H12.CH4S.CH4/c1-2-4-6-5-3-1;1-4-5(2)3;1-2;/h1-5H;5H,4H2,1-3H3;2H,1H3;1H4/i;;;1T. The Morgan fingerprint density at radius 3 is 1.64 bits per heavy atom. The molecular formula is C12H25NS. The van der Waals surface area contributed by atoms with Crippen LogP contribution in [0.2, 0.25) is 0 Å². The van der Waals surface area contributed by atoms with Crippen LogP contribution >= 0.6 is 12.6 Å². The van der Waals surface area contributed by atoms with Gasteiger partial charge in [-0.1, -0.05) is 40.7 Å². The normalized spacial score (nSPS) is 7.79. The summed E-state index contributed by atoms with van der Waals surface area (Å²) in [5, 5.41) is 0. The molecule has 0 aliphatic heterocycles. The molecule has 0 saturated carbocycles. The van der Waals surface area contributed by atoms with E-state index in [4.69, 9.17) is 1.37 Å². The Kier molecular flexibility index (Phi) is 20.9. The van der Waals surface area contributed by atoms with Crippen LogP contribution in [-0.2, 0) is 0 Å². The molecule has 1 rings (SSSR count). The van der Waals surface area contributed by atoms with Crippen LogP contribution in [0.3, 0.4) is 0 Å². The van der Waals surface area contributed by atoms with Crippen LogP contribution in [0.25, 0.3) is 0 Å². The van der Waals surface area contributed by atoms with Gasteiger partial charge in [0, 0.05) is 13.8 Å². The van der Waals surface area contributed by atoms with Crippen molar-refractivity contribution in [3.8, 4) is 0 Å². The Hall–Kier alpha value is -0.500. The van der Waals surface area contributed by atoms with Crippen LogP contribution < -0.4 is 0 Å². The second-order valence-corrected chi connectivity index (χ2v) is 2.83. The number of thiol groups is 1. The molecule has 0 aliphatic rings. The van der Waals surface area contributed by atoms with E-state index in [1.165, 1.54) is 13.8 Å². The molecule has 0 spiro atoms. The molecule has 0 amide bonds. The van der Waals surface area contributed by atoms with Gasteiger partial charge >= 0.3 is 0 Å². The third-order valence-corrected chi connectivity index (χ3v) is 1.38. The molecule has 0 aromatic carbocycles. The van der Waals surface area contributed by atoms with Crippen molar-refractivity contribution in [3.05, 3.63) is 30.6 Å². The summed E-state index contributed by atoms with van der Waals surface area (Å²) in [5.74, 6) is 0.884. The average molecular weight is 217 g/mol. The minimum Gasteiger partial charge on any atom is -0.265 e. The lowest BCUT2D eigenvalue weighted by Crippen LogP contribution is -1.77. The minimum atomic E-state index is 0.884. The summed E-state index contributed by atoms with van der Waals surface area (Å²) in [4.78, 5) is 3.78. The second-order valence-electron chi connectivity index (χ2n) is 2.83. The first-order chi connectivity index (χ1) is 7.27. The predicted molar refractivity (Wildman–Crippen MR) is 71.0 cm³/mol. The topological polar surface area (TPSA) is 12.9 Å². The van der Waals surface area contributed by atoms with Crippen LogP contribution in [0, 0.1) is 5.92 Å². The summed E-state index contributed by atoms with van der Waals surface area (Å²) in [6.07, 6.45) is 6.50. The Balaban J connectivity index is -0.000000146. The van der Waals surface area contributed by atoms with Gasteiger partial charge in [0.1, 0.15) is 0 Å². The Labute approximate surface area is 96.8 Å². The summed E-state index contributed by atoms with van der Waals surface area (Å²) in [7, 11) is 1.25. The number of rotatable bonds is 1. The van der Waals surface area contributed by atoms with Crippen molar-refractivity contribution < 1.29 is 1.37 Å². The van der Waals surface area contributed by atoms with E-state index < -0.39 is 0 Å². The van der Waals surface area contributed by atoms with E-state index in [2.05, 4.69) is 38.4 Å². The van der Waals surface area contributed by atoms with Crippen molar-refractivity contribution in [1.29, 1.82) is 0 Å². The van der Waals surface area contributed by atoms with Crippen molar-refractivity contribution in [1.82, 2.24) is 4.98 Å². The molecule has 1 heterocycles. The number of hydrogen-bond donors (Lipinski definition) is 1. The fourth-order valence-corrected chi connectivity index (χ4v) is 0.313. The summed E-state index contributed by atoms with van der Waals surface area (Å²) in [5.41, 5.74) is 0. The molecule has 1 aromatic rings. The number of nitrogens with zero attached hydrogens (tertiary/aromatic N) is 1. The summed E-state index contributed by atoms with van der Waals surface area (Å²) in [6.45, 7) is 6.64. The average Bonchev–Trinajstić information content (AvgIpc) is 2.37. The van der Waals surface area contributed by atoms with Crippen molar-refractivity contribution in [3.63, 3.8) is 0 Å². The zero-order valence-corrected chi connectivity index (χ0v) is 11.0. The molecule has 2 heteroatoms. The lowest BCUT2D eigenvalue weighted by atomic mass is 10.2. The van der Waals surface area contributed by atoms with Crippen LogP contribution in [0.4, 0.5) is 0 Å². The third-order valence-electron chi connectivity index (χ3n) is 1.38. The Morgan fingerprint density at radius 2 is 1.57 bits per heavy atom. The molecule has 0 N–H and O–H groups in total. The largest absolute Gasteiger partial charge is 0.265 e. The maximum absolute atomic E-state index is 5.75. The molecule has 0 fully saturated rings. The molecule has 0 saturated heterocycles. The predicted octanol–water partition coefficient (Wildman–Crippen LogP) is 4.32. The Morgan fingerprint density at radius 1 is 1.21 bits per heavy atom. The third kappa shape index (κ3) is 22.5. The van der Waals surface area contributed by atoms with Gasteiger partial charge in [-0.05, 0) is 24.3 Å². The monoisotopic (exact) mass is 217 g/mol. The first-order valence-electron chi connectivity index (χ1n) is 5.57. The van der Waals surface area contributed by atoms with Gasteiger partial charge in [-0.25, -0.2) is 0 Å². The highest BCUT2D eigenvalue weighted by atomic mass is 32.1. The van der Waals surface area contributed by atoms with E-state index in [0.717, 1.165) is 5.92 Å². The maximum Gasteiger partial charge on any atom is 0.0267 e. The number of pyridine rings is 1. The van der Waals surface area contributed by atoms with Crippen molar-refractivity contribution in [2.75, 3.05) is 6.26 Å². The van der Waals surface area contributed by atoms with Gasteiger partial charge in [-0.15, -0.1) is 0 Å². The van der Waals surface area contributed by atoms with Gasteiger partial charge in [-0.3, -0.25) is 4.98 Å². The molecule has 1 aromatic heterocycles. The SMILES string of the molecule is CCC(C)C.CS.[3H]C.c1ccncc1. The quantitative estimate of drug-likeness (QED) is 0.691.